The molecular weight excluding hydrogens is 345 g/mol. The van der Waals surface area contributed by atoms with E-state index in [4.69, 9.17) is 10.5 Å². The van der Waals surface area contributed by atoms with E-state index in [2.05, 4.69) is 14.5 Å². The van der Waals surface area contributed by atoms with Gasteiger partial charge in [-0.3, -0.25) is 4.90 Å². The van der Waals surface area contributed by atoms with Gasteiger partial charge in [-0.15, -0.1) is 0 Å². The number of hydrogen-bond donors (Lipinski definition) is 1. The molecule has 1 unspecified atom stereocenters. The molecule has 0 radical (unpaired) electrons. The van der Waals surface area contributed by atoms with Crippen molar-refractivity contribution < 1.29 is 17.9 Å². The van der Waals surface area contributed by atoms with Crippen molar-refractivity contribution in [3.63, 3.8) is 0 Å². The lowest BCUT2D eigenvalue weighted by Crippen LogP contribution is -2.51. The maximum Gasteiger partial charge on any atom is 0.161 e. The molecule has 4 rings (SSSR count). The minimum atomic E-state index is -1.22. The molecule has 1 aromatic heterocycles. The van der Waals surface area contributed by atoms with Crippen molar-refractivity contribution in [2.24, 2.45) is 5.73 Å². The predicted molar refractivity (Wildman–Crippen MR) is 88.8 cm³/mol. The molecule has 0 aliphatic carbocycles. The van der Waals surface area contributed by atoms with E-state index in [1.807, 2.05) is 13.1 Å². The average molecular weight is 366 g/mol. The van der Waals surface area contributed by atoms with Crippen molar-refractivity contribution >= 4 is 0 Å². The molecule has 1 aromatic carbocycles. The van der Waals surface area contributed by atoms with Gasteiger partial charge in [-0.1, -0.05) is 0 Å². The Balaban J connectivity index is 1.47. The van der Waals surface area contributed by atoms with Gasteiger partial charge in [-0.05, 0) is 19.4 Å². The summed E-state index contributed by atoms with van der Waals surface area (Å²) in [5.74, 6) is -2.14. The first kappa shape index (κ1) is 17.5. The number of aromatic nitrogens is 2. The zero-order valence-electron chi connectivity index (χ0n) is 14.5. The number of halogens is 3. The lowest BCUT2D eigenvalue weighted by atomic mass is 9.93. The van der Waals surface area contributed by atoms with Crippen molar-refractivity contribution in [1.82, 2.24) is 14.5 Å². The third-order valence-electron chi connectivity index (χ3n) is 5.22. The van der Waals surface area contributed by atoms with E-state index >= 15 is 0 Å². The van der Waals surface area contributed by atoms with Crippen LogP contribution in [-0.4, -0.2) is 39.7 Å². The molecule has 0 saturated carbocycles. The average Bonchev–Trinajstić information content (AvgIpc) is 2.97. The van der Waals surface area contributed by atoms with Gasteiger partial charge in [0.25, 0.3) is 0 Å². The van der Waals surface area contributed by atoms with Gasteiger partial charge in [0.15, 0.2) is 11.6 Å². The van der Waals surface area contributed by atoms with Crippen LogP contribution in [0.3, 0.4) is 0 Å². The predicted octanol–water partition coefficient (Wildman–Crippen LogP) is 2.28. The molecule has 5 nitrogen and oxygen atoms in total. The Hall–Kier alpha value is -1.90. The lowest BCUT2D eigenvalue weighted by Gasteiger charge is -2.41. The molecular formula is C18H21F3N4O. The van der Waals surface area contributed by atoms with Crippen molar-refractivity contribution in [1.29, 1.82) is 0 Å². The van der Waals surface area contributed by atoms with Crippen LogP contribution >= 0.6 is 0 Å². The van der Waals surface area contributed by atoms with Gasteiger partial charge in [-0.2, -0.15) is 0 Å². The highest BCUT2D eigenvalue weighted by Gasteiger charge is 2.36. The largest absolute Gasteiger partial charge is 0.370 e. The smallest absolute Gasteiger partial charge is 0.161 e. The molecule has 2 aromatic rings. The second-order valence-corrected chi connectivity index (χ2v) is 7.06. The van der Waals surface area contributed by atoms with Gasteiger partial charge in [0.2, 0.25) is 0 Å². The van der Waals surface area contributed by atoms with Gasteiger partial charge in [0.1, 0.15) is 17.7 Å². The Bertz CT molecular complexity index is 825. The van der Waals surface area contributed by atoms with Gasteiger partial charge in [0, 0.05) is 43.0 Å². The number of hydrogen-bond acceptors (Lipinski definition) is 4. The summed E-state index contributed by atoms with van der Waals surface area (Å²) in [4.78, 5) is 6.79. The van der Waals surface area contributed by atoms with E-state index in [9.17, 15) is 13.2 Å². The highest BCUT2D eigenvalue weighted by Crippen LogP contribution is 2.32. The van der Waals surface area contributed by atoms with Gasteiger partial charge >= 0.3 is 0 Å². The van der Waals surface area contributed by atoms with E-state index in [0.717, 1.165) is 30.7 Å². The normalized spacial score (nSPS) is 26.7. The summed E-state index contributed by atoms with van der Waals surface area (Å²) >= 11 is 0. The summed E-state index contributed by atoms with van der Waals surface area (Å²) in [7, 11) is 0. The third kappa shape index (κ3) is 3.13. The summed E-state index contributed by atoms with van der Waals surface area (Å²) < 4.78 is 48.6. The fourth-order valence-corrected chi connectivity index (χ4v) is 3.90. The van der Waals surface area contributed by atoms with Crippen LogP contribution in [0.1, 0.15) is 29.6 Å². The van der Waals surface area contributed by atoms with E-state index in [-0.39, 0.29) is 11.6 Å². The molecule has 26 heavy (non-hydrogen) atoms. The summed E-state index contributed by atoms with van der Waals surface area (Å²) in [5.41, 5.74) is 7.17. The molecule has 1 fully saturated rings. The number of rotatable bonds is 2. The lowest BCUT2D eigenvalue weighted by molar-refractivity contribution is -0.0575. The summed E-state index contributed by atoms with van der Waals surface area (Å²) in [6.45, 7) is 4.74. The van der Waals surface area contributed by atoms with Crippen LogP contribution in [0.4, 0.5) is 13.2 Å². The fourth-order valence-electron chi connectivity index (χ4n) is 3.90. The van der Waals surface area contributed by atoms with Crippen molar-refractivity contribution in [3.8, 4) is 0 Å². The molecule has 2 aliphatic rings. The minimum absolute atomic E-state index is 0.0281. The molecule has 3 heterocycles. The maximum absolute atomic E-state index is 14.0. The Morgan fingerprint density at radius 2 is 1.92 bits per heavy atom. The number of nitrogens with zero attached hydrogens (tertiary/aromatic N) is 3. The standard InChI is InChI=1S/C18H21F3N4O/c1-10-7-25-3-2-24(8-17(25)23-10)11-4-16(22)18(26-9-11)12-5-14(20)15(21)6-13(12)19/h5-7,11,16,18H,2-4,8-9,22H2,1H3/t11-,16+,18?/m1/s1. The summed E-state index contributed by atoms with van der Waals surface area (Å²) in [5, 5.41) is 0. The second-order valence-electron chi connectivity index (χ2n) is 7.06. The third-order valence-corrected chi connectivity index (χ3v) is 5.22. The zero-order valence-corrected chi connectivity index (χ0v) is 14.5. The number of nitrogens with two attached hydrogens (primary N) is 1. The van der Waals surface area contributed by atoms with Crippen LogP contribution in [0.25, 0.3) is 0 Å². The molecule has 140 valence electrons. The van der Waals surface area contributed by atoms with Crippen LogP contribution in [-0.2, 0) is 17.8 Å². The molecule has 8 heteroatoms. The van der Waals surface area contributed by atoms with Gasteiger partial charge < -0.3 is 15.0 Å². The fraction of sp³-hybridized carbons (Fsp3) is 0.500. The Morgan fingerprint density at radius 1 is 1.15 bits per heavy atom. The monoisotopic (exact) mass is 366 g/mol. The number of benzene rings is 1. The first-order valence-electron chi connectivity index (χ1n) is 8.70. The van der Waals surface area contributed by atoms with Crippen LogP contribution in [0.5, 0.6) is 0 Å². The van der Waals surface area contributed by atoms with Crippen molar-refractivity contribution in [3.05, 3.63) is 52.9 Å². The quantitative estimate of drug-likeness (QED) is 0.829. The zero-order chi connectivity index (χ0) is 18.4. The molecule has 0 bridgehead atoms. The number of imidazole rings is 1. The highest BCUT2D eigenvalue weighted by atomic mass is 19.2. The van der Waals surface area contributed by atoms with Gasteiger partial charge in [0.05, 0.1) is 18.8 Å². The number of aryl methyl sites for hydroxylation is 1. The number of ether oxygens (including phenoxy) is 1. The van der Waals surface area contributed by atoms with Crippen LogP contribution in [0, 0.1) is 24.4 Å². The molecule has 3 atom stereocenters. The van der Waals surface area contributed by atoms with Crippen molar-refractivity contribution in [2.75, 3.05) is 13.2 Å². The Labute approximate surface area is 149 Å². The minimum Gasteiger partial charge on any atom is -0.370 e. The molecule has 2 aliphatic heterocycles. The summed E-state index contributed by atoms with van der Waals surface area (Å²) in [6.07, 6.45) is 1.84. The summed E-state index contributed by atoms with van der Waals surface area (Å²) in [6, 6.07) is 0.965. The van der Waals surface area contributed by atoms with Gasteiger partial charge in [-0.25, -0.2) is 18.2 Å². The highest BCUT2D eigenvalue weighted by molar-refractivity contribution is 5.24. The first-order valence-corrected chi connectivity index (χ1v) is 8.70. The number of fused-ring (bicyclic) bond motifs is 1. The molecule has 0 spiro atoms. The van der Waals surface area contributed by atoms with E-state index in [0.29, 0.717) is 25.6 Å². The Morgan fingerprint density at radius 3 is 2.69 bits per heavy atom. The first-order chi connectivity index (χ1) is 12.4. The van der Waals surface area contributed by atoms with E-state index in [1.165, 1.54) is 0 Å². The van der Waals surface area contributed by atoms with E-state index < -0.39 is 29.6 Å². The molecule has 0 amide bonds. The van der Waals surface area contributed by atoms with Crippen LogP contribution < -0.4 is 5.73 Å². The SMILES string of the molecule is Cc1cn2c(n1)CN([C@H]1COC(c3cc(F)c(F)cc3F)[C@@H](N)C1)CC2. The molecule has 1 saturated heterocycles. The van der Waals surface area contributed by atoms with Crippen LogP contribution in [0.2, 0.25) is 0 Å². The maximum atomic E-state index is 14.0. The Kier molecular flexibility index (Phi) is 4.50. The topological polar surface area (TPSA) is 56.3 Å². The van der Waals surface area contributed by atoms with E-state index in [1.54, 1.807) is 0 Å². The van der Waals surface area contributed by atoms with Crippen molar-refractivity contribution in [2.45, 2.75) is 44.6 Å². The molecule has 2 N–H and O–H groups in total. The second kappa shape index (κ2) is 6.68. The van der Waals surface area contributed by atoms with Crippen LogP contribution in [0.15, 0.2) is 18.3 Å².